The third-order valence-corrected chi connectivity index (χ3v) is 3.96. The van der Waals surface area contributed by atoms with Crippen molar-refractivity contribution in [2.45, 2.75) is 72.4 Å². The highest BCUT2D eigenvalue weighted by Gasteiger charge is 2.17. The Morgan fingerprint density at radius 2 is 1.93 bits per heavy atom. The Hall–Kier alpha value is -1.32. The molecule has 1 aromatic heterocycles. The molecule has 0 atom stereocenters. The van der Waals surface area contributed by atoms with E-state index in [0.29, 0.717) is 18.4 Å². The molecule has 0 aliphatic carbocycles. The summed E-state index contributed by atoms with van der Waals surface area (Å²) in [7, 11) is 1.85. The summed E-state index contributed by atoms with van der Waals surface area (Å²) in [5.74, 6) is 1.78. The zero-order valence-corrected chi connectivity index (χ0v) is 20.1. The van der Waals surface area contributed by atoms with E-state index in [-0.39, 0.29) is 42.0 Å². The van der Waals surface area contributed by atoms with Gasteiger partial charge >= 0.3 is 0 Å². The average Bonchev–Trinajstić information content (AvgIpc) is 2.99. The predicted octanol–water partition coefficient (Wildman–Crippen LogP) is 3.51. The molecule has 0 saturated heterocycles. The van der Waals surface area contributed by atoms with E-state index in [0.717, 1.165) is 30.8 Å². The lowest BCUT2D eigenvalue weighted by Gasteiger charge is -2.25. The van der Waals surface area contributed by atoms with E-state index in [2.05, 4.69) is 34.6 Å². The van der Waals surface area contributed by atoms with Crippen LogP contribution in [0.3, 0.4) is 0 Å². The van der Waals surface area contributed by atoms with Crippen LogP contribution in [0.5, 0.6) is 0 Å². The van der Waals surface area contributed by atoms with E-state index >= 15 is 0 Å². The quantitative estimate of drug-likeness (QED) is 0.329. The molecule has 0 aromatic carbocycles. The molecule has 1 amide bonds. The Morgan fingerprint density at radius 1 is 1.30 bits per heavy atom. The van der Waals surface area contributed by atoms with Gasteiger partial charge in [-0.05, 0) is 40.5 Å². The third-order valence-electron chi connectivity index (χ3n) is 3.96. The number of amides is 1. The molecule has 0 aliphatic rings. The van der Waals surface area contributed by atoms with Crippen LogP contribution in [0.25, 0.3) is 0 Å². The molecule has 0 radical (unpaired) electrons. The number of rotatable bonds is 8. The number of aromatic nitrogens is 1. The van der Waals surface area contributed by atoms with Gasteiger partial charge < -0.3 is 20.1 Å². The molecule has 0 unspecified atom stereocenters. The highest BCUT2D eigenvalue weighted by atomic mass is 127. The fourth-order valence-corrected chi connectivity index (χ4v) is 2.67. The van der Waals surface area contributed by atoms with Crippen molar-refractivity contribution in [3.63, 3.8) is 0 Å². The van der Waals surface area contributed by atoms with Crippen molar-refractivity contribution < 1.29 is 9.32 Å². The first-order valence-electron chi connectivity index (χ1n) is 9.46. The first-order valence-corrected chi connectivity index (χ1v) is 9.46. The zero-order valence-electron chi connectivity index (χ0n) is 17.8. The van der Waals surface area contributed by atoms with Crippen LogP contribution in [0.2, 0.25) is 0 Å². The summed E-state index contributed by atoms with van der Waals surface area (Å²) in [5, 5.41) is 10.3. The lowest BCUT2D eigenvalue weighted by Crippen LogP contribution is -2.48. The fourth-order valence-electron chi connectivity index (χ4n) is 2.67. The maximum Gasteiger partial charge on any atom is 0.240 e. The highest BCUT2D eigenvalue weighted by Crippen LogP contribution is 2.22. The molecule has 1 aromatic rings. The van der Waals surface area contributed by atoms with Crippen molar-refractivity contribution in [2.24, 2.45) is 4.99 Å². The standard InChI is InChI=1S/C19H35N5O2.HI/c1-8-14(9-2)16-11-15(26-23-16)12-21-18(20-10-3)24(7)13-17(25)22-19(4,5)6;/h11,14H,8-10,12-13H2,1-7H3,(H,20,21)(H,22,25);1H. The van der Waals surface area contributed by atoms with Crippen LogP contribution in [0.1, 0.15) is 71.8 Å². The number of nitrogens with one attached hydrogen (secondary N) is 2. The van der Waals surface area contributed by atoms with Gasteiger partial charge in [-0.25, -0.2) is 4.99 Å². The number of guanidine groups is 1. The second-order valence-electron chi connectivity index (χ2n) is 7.56. The molecule has 7 nitrogen and oxygen atoms in total. The van der Waals surface area contributed by atoms with E-state index in [4.69, 9.17) is 4.52 Å². The SMILES string of the molecule is CCNC(=NCc1cc(C(CC)CC)no1)N(C)CC(=O)NC(C)(C)C.I. The third kappa shape index (κ3) is 9.44. The number of aliphatic imine (C=N–C) groups is 1. The maximum absolute atomic E-state index is 12.1. The average molecular weight is 493 g/mol. The van der Waals surface area contributed by atoms with Crippen molar-refractivity contribution in [3.05, 3.63) is 17.5 Å². The Bertz CT molecular complexity index is 591. The van der Waals surface area contributed by atoms with Crippen LogP contribution in [-0.2, 0) is 11.3 Å². The van der Waals surface area contributed by atoms with Crippen LogP contribution in [0, 0.1) is 0 Å². The van der Waals surface area contributed by atoms with Crippen LogP contribution < -0.4 is 10.6 Å². The van der Waals surface area contributed by atoms with Gasteiger partial charge in [-0.15, -0.1) is 24.0 Å². The molecule has 0 saturated carbocycles. The number of hydrogen-bond acceptors (Lipinski definition) is 4. The normalized spacial score (nSPS) is 11.9. The van der Waals surface area contributed by atoms with Crippen LogP contribution >= 0.6 is 24.0 Å². The van der Waals surface area contributed by atoms with Gasteiger partial charge in [0.25, 0.3) is 0 Å². The van der Waals surface area contributed by atoms with Crippen molar-refractivity contribution >= 4 is 35.8 Å². The zero-order chi connectivity index (χ0) is 19.7. The summed E-state index contributed by atoms with van der Waals surface area (Å²) in [6, 6.07) is 1.98. The summed E-state index contributed by atoms with van der Waals surface area (Å²) >= 11 is 0. The topological polar surface area (TPSA) is 82.8 Å². The smallest absolute Gasteiger partial charge is 0.240 e. The molecule has 27 heavy (non-hydrogen) atoms. The van der Waals surface area contributed by atoms with Crippen molar-refractivity contribution in [1.82, 2.24) is 20.7 Å². The van der Waals surface area contributed by atoms with E-state index in [1.165, 1.54) is 0 Å². The number of halogens is 1. The van der Waals surface area contributed by atoms with E-state index in [1.807, 2.05) is 45.7 Å². The summed E-state index contributed by atoms with van der Waals surface area (Å²) in [4.78, 5) is 18.5. The van der Waals surface area contributed by atoms with Gasteiger partial charge in [0.2, 0.25) is 5.91 Å². The molecule has 156 valence electrons. The Labute approximate surface area is 180 Å². The van der Waals surface area contributed by atoms with E-state index in [9.17, 15) is 4.79 Å². The molecule has 2 N–H and O–H groups in total. The summed E-state index contributed by atoms with van der Waals surface area (Å²) in [6.07, 6.45) is 2.08. The molecule has 8 heteroatoms. The Balaban J connectivity index is 0.00000676. The lowest BCUT2D eigenvalue weighted by molar-refractivity contribution is -0.122. The van der Waals surface area contributed by atoms with Crippen LogP contribution in [0.15, 0.2) is 15.6 Å². The maximum atomic E-state index is 12.1. The van der Waals surface area contributed by atoms with Crippen molar-refractivity contribution in [2.75, 3.05) is 20.1 Å². The minimum Gasteiger partial charge on any atom is -0.359 e. The number of carbonyl (C=O) groups excluding carboxylic acids is 1. The molecule has 1 rings (SSSR count). The van der Waals surface area contributed by atoms with E-state index in [1.54, 1.807) is 0 Å². The van der Waals surface area contributed by atoms with Gasteiger partial charge in [0.1, 0.15) is 6.54 Å². The van der Waals surface area contributed by atoms with Gasteiger partial charge in [-0.2, -0.15) is 0 Å². The number of nitrogens with zero attached hydrogens (tertiary/aromatic N) is 3. The Kier molecular flexibility index (Phi) is 11.6. The second kappa shape index (κ2) is 12.2. The van der Waals surface area contributed by atoms with Gasteiger partial charge in [0.05, 0.1) is 12.2 Å². The van der Waals surface area contributed by atoms with E-state index < -0.39 is 0 Å². The summed E-state index contributed by atoms with van der Waals surface area (Å²) in [5.41, 5.74) is 0.738. The predicted molar refractivity (Wildman–Crippen MR) is 121 cm³/mol. The minimum atomic E-state index is -0.251. The largest absolute Gasteiger partial charge is 0.359 e. The molecule has 1 heterocycles. The molecular weight excluding hydrogens is 457 g/mol. The molecular formula is C19H36IN5O2. The molecule has 0 spiro atoms. The number of carbonyl (C=O) groups is 1. The van der Waals surface area contributed by atoms with Gasteiger partial charge in [-0.3, -0.25) is 4.79 Å². The first-order chi connectivity index (χ1) is 12.2. The van der Waals surface area contributed by atoms with Crippen molar-refractivity contribution in [1.29, 1.82) is 0 Å². The van der Waals surface area contributed by atoms with Crippen molar-refractivity contribution in [3.8, 4) is 0 Å². The summed E-state index contributed by atoms with van der Waals surface area (Å²) < 4.78 is 5.42. The minimum absolute atomic E-state index is 0. The molecule has 0 bridgehead atoms. The molecule has 0 aliphatic heterocycles. The van der Waals surface area contributed by atoms with Gasteiger partial charge in [0, 0.05) is 31.1 Å². The lowest BCUT2D eigenvalue weighted by atomic mass is 9.99. The first kappa shape index (κ1) is 25.7. The van der Waals surface area contributed by atoms with Crippen LogP contribution in [-0.4, -0.2) is 47.6 Å². The number of hydrogen-bond donors (Lipinski definition) is 2. The van der Waals surface area contributed by atoms with Gasteiger partial charge in [0.15, 0.2) is 11.7 Å². The van der Waals surface area contributed by atoms with Gasteiger partial charge in [-0.1, -0.05) is 19.0 Å². The highest BCUT2D eigenvalue weighted by molar-refractivity contribution is 14.0. The fraction of sp³-hybridized carbons (Fsp3) is 0.737. The summed E-state index contributed by atoms with van der Waals surface area (Å²) in [6.45, 7) is 13.5. The Morgan fingerprint density at radius 3 is 2.44 bits per heavy atom. The monoisotopic (exact) mass is 493 g/mol. The molecule has 0 fully saturated rings. The van der Waals surface area contributed by atoms with Crippen LogP contribution in [0.4, 0.5) is 0 Å². The second-order valence-corrected chi connectivity index (χ2v) is 7.56. The number of likely N-dealkylation sites (N-methyl/N-ethyl adjacent to an activating group) is 1.